The van der Waals surface area contributed by atoms with E-state index >= 15 is 0 Å². The van der Waals surface area contributed by atoms with Gasteiger partial charge in [0.05, 0.1) is 5.69 Å². The average molecular weight is 286 g/mol. The summed E-state index contributed by atoms with van der Waals surface area (Å²) in [5.41, 5.74) is 2.70. The lowest BCUT2D eigenvalue weighted by Gasteiger charge is -2.06. The van der Waals surface area contributed by atoms with Crippen LogP contribution >= 0.6 is 0 Å². The minimum atomic E-state index is -0.0693. The first kappa shape index (κ1) is 15.2. The predicted molar refractivity (Wildman–Crippen MR) is 82.3 cm³/mol. The maximum absolute atomic E-state index is 12.3. The topological polar surface area (TPSA) is 59.8 Å². The number of aromatic nitrogens is 3. The summed E-state index contributed by atoms with van der Waals surface area (Å²) in [4.78, 5) is 16.3. The van der Waals surface area contributed by atoms with Crippen molar-refractivity contribution >= 4 is 5.91 Å². The smallest absolute Gasteiger partial charge is 0.269 e. The highest BCUT2D eigenvalue weighted by atomic mass is 16.2. The average Bonchev–Trinajstić information content (AvgIpc) is 2.93. The minimum Gasteiger partial charge on any atom is -0.350 e. The predicted octanol–water partition coefficient (Wildman–Crippen LogP) is 2.39. The molecule has 2 heterocycles. The second kappa shape index (κ2) is 7.02. The first-order chi connectivity index (χ1) is 10.1. The summed E-state index contributed by atoms with van der Waals surface area (Å²) in [5, 5.41) is 7.41. The zero-order valence-corrected chi connectivity index (χ0v) is 12.8. The van der Waals surface area contributed by atoms with Crippen LogP contribution in [0, 0.1) is 0 Å². The van der Waals surface area contributed by atoms with Crippen LogP contribution in [0.3, 0.4) is 0 Å². The lowest BCUT2D eigenvalue weighted by molar-refractivity contribution is 0.0943. The number of pyridine rings is 1. The Balaban J connectivity index is 1.97. The standard InChI is InChI=1S/C16H22N4O/c1-4-20-15(10-14(19-20)12(2)3)16(21)18-9-7-13-6-5-8-17-11-13/h5-6,8,10-12H,4,7,9H2,1-3H3,(H,18,21). The highest BCUT2D eigenvalue weighted by Gasteiger charge is 2.15. The molecule has 0 spiro atoms. The van der Waals surface area contributed by atoms with E-state index in [-0.39, 0.29) is 5.91 Å². The van der Waals surface area contributed by atoms with Crippen LogP contribution in [0.1, 0.15) is 48.4 Å². The maximum atomic E-state index is 12.3. The number of hydrogen-bond acceptors (Lipinski definition) is 3. The molecule has 2 aromatic heterocycles. The molecule has 0 aromatic carbocycles. The van der Waals surface area contributed by atoms with Gasteiger partial charge in [0.15, 0.2) is 0 Å². The van der Waals surface area contributed by atoms with Crippen LogP contribution in [0.4, 0.5) is 0 Å². The molecule has 112 valence electrons. The maximum Gasteiger partial charge on any atom is 0.269 e. The molecule has 5 nitrogen and oxygen atoms in total. The van der Waals surface area contributed by atoms with E-state index in [0.717, 1.165) is 17.7 Å². The molecule has 0 aliphatic rings. The van der Waals surface area contributed by atoms with Gasteiger partial charge >= 0.3 is 0 Å². The van der Waals surface area contributed by atoms with Crippen molar-refractivity contribution in [1.29, 1.82) is 0 Å². The fraction of sp³-hybridized carbons (Fsp3) is 0.438. The van der Waals surface area contributed by atoms with Gasteiger partial charge in [-0.25, -0.2) is 0 Å². The van der Waals surface area contributed by atoms with E-state index in [2.05, 4.69) is 29.2 Å². The van der Waals surface area contributed by atoms with Crippen molar-refractivity contribution in [2.75, 3.05) is 6.54 Å². The molecule has 2 aromatic rings. The van der Waals surface area contributed by atoms with E-state index in [1.54, 1.807) is 10.9 Å². The molecular formula is C16H22N4O. The lowest BCUT2D eigenvalue weighted by atomic mass is 10.1. The highest BCUT2D eigenvalue weighted by Crippen LogP contribution is 2.14. The summed E-state index contributed by atoms with van der Waals surface area (Å²) >= 11 is 0. The number of nitrogens with one attached hydrogen (secondary N) is 1. The zero-order valence-electron chi connectivity index (χ0n) is 12.8. The molecular weight excluding hydrogens is 264 g/mol. The van der Waals surface area contributed by atoms with Crippen molar-refractivity contribution in [3.63, 3.8) is 0 Å². The second-order valence-electron chi connectivity index (χ2n) is 5.29. The molecule has 1 N–H and O–H groups in total. The number of hydrogen-bond donors (Lipinski definition) is 1. The summed E-state index contributed by atoms with van der Waals surface area (Å²) in [5.74, 6) is 0.250. The molecule has 1 amide bonds. The van der Waals surface area contributed by atoms with Gasteiger partial charge in [0.2, 0.25) is 0 Å². The van der Waals surface area contributed by atoms with Gasteiger partial charge in [-0.15, -0.1) is 0 Å². The van der Waals surface area contributed by atoms with Crippen molar-refractivity contribution < 1.29 is 4.79 Å². The van der Waals surface area contributed by atoms with E-state index in [1.807, 2.05) is 31.3 Å². The molecule has 5 heteroatoms. The fourth-order valence-electron chi connectivity index (χ4n) is 2.10. The third-order valence-corrected chi connectivity index (χ3v) is 3.34. The lowest BCUT2D eigenvalue weighted by Crippen LogP contribution is -2.28. The minimum absolute atomic E-state index is 0.0693. The number of amides is 1. The molecule has 0 radical (unpaired) electrons. The van der Waals surface area contributed by atoms with E-state index in [0.29, 0.717) is 24.7 Å². The van der Waals surface area contributed by atoms with E-state index in [4.69, 9.17) is 0 Å². The first-order valence-electron chi connectivity index (χ1n) is 7.36. The van der Waals surface area contributed by atoms with Gasteiger partial charge in [-0.1, -0.05) is 19.9 Å². The van der Waals surface area contributed by atoms with Gasteiger partial charge in [0.25, 0.3) is 5.91 Å². The van der Waals surface area contributed by atoms with Gasteiger partial charge in [-0.3, -0.25) is 14.5 Å². The Morgan fingerprint density at radius 3 is 2.86 bits per heavy atom. The van der Waals surface area contributed by atoms with Crippen LogP contribution < -0.4 is 5.32 Å². The Bertz CT molecular complexity index is 590. The van der Waals surface area contributed by atoms with E-state index in [9.17, 15) is 4.79 Å². The molecule has 0 fully saturated rings. The van der Waals surface area contributed by atoms with Crippen molar-refractivity contribution in [2.45, 2.75) is 39.7 Å². The van der Waals surface area contributed by atoms with E-state index in [1.165, 1.54) is 0 Å². The van der Waals surface area contributed by atoms with Crippen LogP contribution in [-0.2, 0) is 13.0 Å². The van der Waals surface area contributed by atoms with Crippen LogP contribution in [0.15, 0.2) is 30.6 Å². The monoisotopic (exact) mass is 286 g/mol. The Morgan fingerprint density at radius 1 is 1.43 bits per heavy atom. The summed E-state index contributed by atoms with van der Waals surface area (Å²) in [7, 11) is 0. The van der Waals surface area contributed by atoms with Gasteiger partial charge in [0.1, 0.15) is 5.69 Å². The Morgan fingerprint density at radius 2 is 2.24 bits per heavy atom. The second-order valence-corrected chi connectivity index (χ2v) is 5.29. The molecule has 0 saturated heterocycles. The van der Waals surface area contributed by atoms with Crippen molar-refractivity contribution in [3.8, 4) is 0 Å². The Labute approximate surface area is 125 Å². The van der Waals surface area contributed by atoms with Crippen molar-refractivity contribution in [3.05, 3.63) is 47.5 Å². The molecule has 0 bridgehead atoms. The molecule has 0 saturated carbocycles. The fourth-order valence-corrected chi connectivity index (χ4v) is 2.10. The Hall–Kier alpha value is -2.17. The highest BCUT2D eigenvalue weighted by molar-refractivity contribution is 5.92. The number of carbonyl (C=O) groups is 1. The Kier molecular flexibility index (Phi) is 5.09. The van der Waals surface area contributed by atoms with Crippen LogP contribution in [0.5, 0.6) is 0 Å². The first-order valence-corrected chi connectivity index (χ1v) is 7.36. The number of aryl methyl sites for hydroxylation is 1. The molecule has 0 aliphatic carbocycles. The summed E-state index contributed by atoms with van der Waals surface area (Å²) in [6.45, 7) is 7.43. The SMILES string of the molecule is CCn1nc(C(C)C)cc1C(=O)NCCc1cccnc1. The molecule has 0 aliphatic heterocycles. The molecule has 0 atom stereocenters. The van der Waals surface area contributed by atoms with Crippen molar-refractivity contribution in [2.24, 2.45) is 0 Å². The third kappa shape index (κ3) is 3.90. The summed E-state index contributed by atoms with van der Waals surface area (Å²) in [6, 6.07) is 5.79. The summed E-state index contributed by atoms with van der Waals surface area (Å²) in [6.07, 6.45) is 4.34. The number of carbonyl (C=O) groups excluding carboxylic acids is 1. The molecule has 0 unspecified atom stereocenters. The quantitative estimate of drug-likeness (QED) is 0.887. The third-order valence-electron chi connectivity index (χ3n) is 3.34. The van der Waals surface area contributed by atoms with Crippen LogP contribution in [0.25, 0.3) is 0 Å². The van der Waals surface area contributed by atoms with Crippen LogP contribution in [-0.4, -0.2) is 27.2 Å². The number of nitrogens with zero attached hydrogens (tertiary/aromatic N) is 3. The number of rotatable bonds is 6. The normalized spacial score (nSPS) is 10.9. The molecule has 2 rings (SSSR count). The van der Waals surface area contributed by atoms with E-state index < -0.39 is 0 Å². The van der Waals surface area contributed by atoms with Gasteiger partial charge in [-0.2, -0.15) is 5.10 Å². The summed E-state index contributed by atoms with van der Waals surface area (Å²) < 4.78 is 1.76. The largest absolute Gasteiger partial charge is 0.350 e. The van der Waals surface area contributed by atoms with Crippen molar-refractivity contribution in [1.82, 2.24) is 20.1 Å². The van der Waals surface area contributed by atoms with Gasteiger partial charge in [-0.05, 0) is 37.0 Å². The van der Waals surface area contributed by atoms with Crippen LogP contribution in [0.2, 0.25) is 0 Å². The zero-order chi connectivity index (χ0) is 15.2. The van der Waals surface area contributed by atoms with Gasteiger partial charge in [0, 0.05) is 25.5 Å². The molecule has 21 heavy (non-hydrogen) atoms. The van der Waals surface area contributed by atoms with Gasteiger partial charge < -0.3 is 5.32 Å².